The van der Waals surface area contributed by atoms with Crippen molar-refractivity contribution in [3.05, 3.63) is 76.9 Å². The molecule has 0 fully saturated rings. The van der Waals surface area contributed by atoms with E-state index in [9.17, 15) is 15.0 Å². The zero-order valence-electron chi connectivity index (χ0n) is 21.3. The van der Waals surface area contributed by atoms with Crippen LogP contribution < -0.4 is 24.6 Å². The number of nitrogens with zero attached hydrogens (tertiary/aromatic N) is 1. The highest BCUT2D eigenvalue weighted by molar-refractivity contribution is 8.13. The maximum atomic E-state index is 11.6. The fraction of sp³-hybridized carbons (Fsp3) is 0.286. The first kappa shape index (κ1) is 27.2. The van der Waals surface area contributed by atoms with Crippen LogP contribution in [0, 0.1) is 0 Å². The molecule has 38 heavy (non-hydrogen) atoms. The minimum atomic E-state index is -1.04. The zero-order valence-corrected chi connectivity index (χ0v) is 22.1. The van der Waals surface area contributed by atoms with Crippen LogP contribution in [0.25, 0.3) is 0 Å². The van der Waals surface area contributed by atoms with E-state index in [1.165, 1.54) is 18.0 Å². The number of para-hydroxylation sites is 1. The van der Waals surface area contributed by atoms with Gasteiger partial charge < -0.3 is 24.4 Å². The van der Waals surface area contributed by atoms with Crippen molar-refractivity contribution in [1.82, 2.24) is 10.4 Å². The maximum absolute atomic E-state index is 11.6. The summed E-state index contributed by atoms with van der Waals surface area (Å²) in [5, 5.41) is 24.8. The van der Waals surface area contributed by atoms with Gasteiger partial charge in [0.25, 0.3) is 0 Å². The summed E-state index contributed by atoms with van der Waals surface area (Å²) in [5.74, 6) is 1.26. The van der Waals surface area contributed by atoms with E-state index in [2.05, 4.69) is 22.4 Å². The van der Waals surface area contributed by atoms with E-state index < -0.39 is 5.97 Å². The number of nitrogens with one attached hydrogen (secondary N) is 2. The van der Waals surface area contributed by atoms with Gasteiger partial charge in [-0.3, -0.25) is 0 Å². The number of hydrazone groups is 1. The molecule has 0 radical (unpaired) electrons. The van der Waals surface area contributed by atoms with Crippen molar-refractivity contribution in [2.45, 2.75) is 39.5 Å². The lowest BCUT2D eigenvalue weighted by Gasteiger charge is -2.17. The Morgan fingerprint density at radius 1 is 0.974 bits per heavy atom. The highest BCUT2D eigenvalue weighted by Crippen LogP contribution is 2.35. The van der Waals surface area contributed by atoms with Gasteiger partial charge in [0.05, 0.1) is 18.8 Å². The number of aryl methyl sites for hydroxylation is 1. The quantitative estimate of drug-likeness (QED) is 0.162. The van der Waals surface area contributed by atoms with Crippen LogP contribution in [0.4, 0.5) is 0 Å². The monoisotopic (exact) mass is 537 g/mol. The van der Waals surface area contributed by atoms with Gasteiger partial charge in [0.2, 0.25) is 0 Å². The lowest BCUT2D eigenvalue weighted by molar-refractivity contribution is 0.0694. The molecular weight excluding hydrogens is 506 g/mol. The third-order valence-corrected chi connectivity index (χ3v) is 6.57. The van der Waals surface area contributed by atoms with Crippen LogP contribution in [0.2, 0.25) is 0 Å². The molecule has 4 N–H and O–H groups in total. The van der Waals surface area contributed by atoms with E-state index in [-0.39, 0.29) is 17.1 Å². The standard InChI is InChI=1S/C28H31N3O6S/c1-3-9-19-23(12-7-13-24(19)37-25-11-6-5-10-20(25)28(33)34)35-14-8-15-36-26-17-22(32)21(16-18(26)4-2)27-29-30-31-38-27/h5-7,10-13,16-17,30-32H,3-4,8-9,14-15H2,1-2H3,(H,33,34). The molecule has 3 aromatic rings. The lowest BCUT2D eigenvalue weighted by Crippen LogP contribution is -2.11. The predicted octanol–water partition coefficient (Wildman–Crippen LogP) is 5.66. The number of carboxylic acid groups (broad SMARTS) is 1. The summed E-state index contributed by atoms with van der Waals surface area (Å²) in [6.45, 7) is 4.93. The fourth-order valence-corrected chi connectivity index (χ4v) is 4.58. The second-order valence-corrected chi connectivity index (χ2v) is 9.30. The number of phenolic OH excluding ortho intramolecular Hbond substituents is 1. The van der Waals surface area contributed by atoms with Crippen molar-refractivity contribution in [3.63, 3.8) is 0 Å². The van der Waals surface area contributed by atoms with Crippen LogP contribution >= 0.6 is 11.9 Å². The van der Waals surface area contributed by atoms with Crippen molar-refractivity contribution >= 4 is 23.0 Å². The first-order chi connectivity index (χ1) is 18.5. The number of ether oxygens (including phenoxy) is 3. The fourth-order valence-electron chi connectivity index (χ4n) is 4.03. The third kappa shape index (κ3) is 6.51. The topological polar surface area (TPSA) is 122 Å². The van der Waals surface area contributed by atoms with E-state index in [0.29, 0.717) is 47.5 Å². The molecule has 0 saturated carbocycles. The number of aromatic carboxylic acids is 1. The van der Waals surface area contributed by atoms with Gasteiger partial charge in [0, 0.05) is 18.1 Å². The summed E-state index contributed by atoms with van der Waals surface area (Å²) in [4.78, 5) is 14.4. The minimum absolute atomic E-state index is 0.104. The Labute approximate surface area is 225 Å². The molecule has 9 nitrogen and oxygen atoms in total. The molecule has 0 saturated heterocycles. The van der Waals surface area contributed by atoms with E-state index >= 15 is 0 Å². The van der Waals surface area contributed by atoms with Gasteiger partial charge in [0.15, 0.2) is 0 Å². The summed E-state index contributed by atoms with van der Waals surface area (Å²) in [5.41, 5.74) is 5.28. The SMILES string of the molecule is CCCc1c(OCCCOc2cc(O)c(C3=NNNS3)cc2CC)cccc1Oc1ccccc1C(=O)O. The van der Waals surface area contributed by atoms with Crippen LogP contribution in [0.5, 0.6) is 28.7 Å². The number of benzene rings is 3. The summed E-state index contributed by atoms with van der Waals surface area (Å²) in [7, 11) is 0. The van der Waals surface area contributed by atoms with Crippen LogP contribution in [-0.4, -0.2) is 34.4 Å². The number of rotatable bonds is 13. The molecule has 1 aliphatic rings. The second-order valence-electron chi connectivity index (χ2n) is 8.50. The molecule has 0 bridgehead atoms. The average Bonchev–Trinajstić information content (AvgIpc) is 3.45. The Balaban J connectivity index is 1.39. The predicted molar refractivity (Wildman–Crippen MR) is 147 cm³/mol. The number of carbonyl (C=O) groups is 1. The maximum Gasteiger partial charge on any atom is 0.339 e. The van der Waals surface area contributed by atoms with Gasteiger partial charge in [-0.25, -0.2) is 10.3 Å². The van der Waals surface area contributed by atoms with E-state index in [1.54, 1.807) is 24.3 Å². The van der Waals surface area contributed by atoms with Crippen LogP contribution in [0.15, 0.2) is 59.7 Å². The van der Waals surface area contributed by atoms with Gasteiger partial charge in [-0.15, -0.1) is 0 Å². The van der Waals surface area contributed by atoms with Crippen molar-refractivity contribution < 1.29 is 29.2 Å². The molecule has 0 atom stereocenters. The summed E-state index contributed by atoms with van der Waals surface area (Å²) in [6.07, 6.45) is 2.96. The van der Waals surface area contributed by atoms with Crippen LogP contribution in [0.1, 0.15) is 53.7 Å². The van der Waals surface area contributed by atoms with Crippen molar-refractivity contribution in [2.75, 3.05) is 13.2 Å². The van der Waals surface area contributed by atoms with E-state index in [0.717, 1.165) is 30.4 Å². The van der Waals surface area contributed by atoms with Crippen molar-refractivity contribution in [3.8, 4) is 28.7 Å². The Hall–Kier alpha value is -3.89. The van der Waals surface area contributed by atoms with Crippen LogP contribution in [-0.2, 0) is 12.8 Å². The van der Waals surface area contributed by atoms with E-state index in [1.807, 2.05) is 31.2 Å². The smallest absolute Gasteiger partial charge is 0.339 e. The van der Waals surface area contributed by atoms with Gasteiger partial charge >= 0.3 is 5.97 Å². The molecule has 0 aliphatic carbocycles. The Bertz CT molecular complexity index is 1310. The number of hydrogen-bond donors (Lipinski definition) is 4. The van der Waals surface area contributed by atoms with Gasteiger partial charge in [0.1, 0.15) is 39.4 Å². The third-order valence-electron chi connectivity index (χ3n) is 5.87. The number of phenols is 1. The molecule has 1 heterocycles. The molecule has 0 spiro atoms. The Kier molecular flexibility index (Phi) is 9.34. The highest BCUT2D eigenvalue weighted by Gasteiger charge is 2.18. The Morgan fingerprint density at radius 2 is 1.71 bits per heavy atom. The minimum Gasteiger partial charge on any atom is -0.507 e. The van der Waals surface area contributed by atoms with Crippen LogP contribution in [0.3, 0.4) is 0 Å². The molecule has 1 aliphatic heterocycles. The first-order valence-electron chi connectivity index (χ1n) is 12.5. The largest absolute Gasteiger partial charge is 0.507 e. The lowest BCUT2D eigenvalue weighted by atomic mass is 10.1. The van der Waals surface area contributed by atoms with E-state index in [4.69, 9.17) is 14.2 Å². The van der Waals surface area contributed by atoms with Gasteiger partial charge in [-0.2, -0.15) is 9.93 Å². The zero-order chi connectivity index (χ0) is 26.9. The molecule has 0 amide bonds. The average molecular weight is 538 g/mol. The molecular formula is C28H31N3O6S. The number of hydrogen-bond acceptors (Lipinski definition) is 9. The second kappa shape index (κ2) is 13.1. The molecule has 0 unspecified atom stereocenters. The normalized spacial score (nSPS) is 12.5. The summed E-state index contributed by atoms with van der Waals surface area (Å²) >= 11 is 1.30. The summed E-state index contributed by atoms with van der Waals surface area (Å²) in [6, 6.07) is 15.7. The summed E-state index contributed by atoms with van der Waals surface area (Å²) < 4.78 is 18.1. The molecule has 10 heteroatoms. The molecule has 4 rings (SSSR count). The molecule has 200 valence electrons. The van der Waals surface area contributed by atoms with Crippen molar-refractivity contribution in [2.24, 2.45) is 5.10 Å². The first-order valence-corrected chi connectivity index (χ1v) is 13.3. The number of carboxylic acids is 1. The Morgan fingerprint density at radius 3 is 2.42 bits per heavy atom. The molecule has 3 aromatic carbocycles. The molecule has 0 aromatic heterocycles. The number of hydrazine groups is 1. The van der Waals surface area contributed by atoms with Gasteiger partial charge in [-0.05, 0) is 60.7 Å². The van der Waals surface area contributed by atoms with Gasteiger partial charge in [-0.1, -0.05) is 38.5 Å². The number of aromatic hydroxyl groups is 1. The highest BCUT2D eigenvalue weighted by atomic mass is 32.2. The van der Waals surface area contributed by atoms with Crippen molar-refractivity contribution in [1.29, 1.82) is 0 Å².